The molecule has 0 amide bonds. The fraction of sp³-hybridized carbons (Fsp3) is 0.429. The molecule has 0 unspecified atom stereocenters. The lowest BCUT2D eigenvalue weighted by Gasteiger charge is -2.32. The van der Waals surface area contributed by atoms with Gasteiger partial charge < -0.3 is 11.5 Å². The Labute approximate surface area is 112 Å². The van der Waals surface area contributed by atoms with Crippen LogP contribution in [0.25, 0.3) is 11.4 Å². The number of nitrogens with zero attached hydrogens (tertiary/aromatic N) is 3. The minimum atomic E-state index is 0.499. The van der Waals surface area contributed by atoms with Crippen LogP contribution in [0.2, 0.25) is 0 Å². The topological polar surface area (TPSA) is 82.8 Å². The van der Waals surface area contributed by atoms with Gasteiger partial charge in [-0.2, -0.15) is 5.10 Å². The molecule has 3 rings (SSSR count). The molecule has 5 nitrogen and oxygen atoms in total. The maximum absolute atomic E-state index is 6.02. The van der Waals surface area contributed by atoms with Gasteiger partial charge in [0, 0.05) is 12.6 Å². The molecule has 0 atom stereocenters. The Hall–Kier alpha value is -2.04. The van der Waals surface area contributed by atoms with Gasteiger partial charge in [0.2, 0.25) is 0 Å². The quantitative estimate of drug-likeness (QED) is 0.882. The SMILES string of the molecule is CC1CC(Cn2nc(-c3cccc(N)n3)cc2N)C1. The van der Waals surface area contributed by atoms with Crippen LogP contribution >= 0.6 is 0 Å². The van der Waals surface area contributed by atoms with Gasteiger partial charge in [0.05, 0.1) is 5.69 Å². The third kappa shape index (κ3) is 2.41. The molecule has 5 heteroatoms. The Kier molecular flexibility index (Phi) is 2.89. The summed E-state index contributed by atoms with van der Waals surface area (Å²) in [6.45, 7) is 3.18. The summed E-state index contributed by atoms with van der Waals surface area (Å²) in [5.41, 5.74) is 13.3. The molecule has 2 heterocycles. The van der Waals surface area contributed by atoms with Crippen LogP contribution < -0.4 is 11.5 Å². The van der Waals surface area contributed by atoms with E-state index in [-0.39, 0.29) is 0 Å². The molecule has 0 saturated heterocycles. The molecule has 4 N–H and O–H groups in total. The smallest absolute Gasteiger partial charge is 0.124 e. The van der Waals surface area contributed by atoms with Crippen molar-refractivity contribution in [2.75, 3.05) is 11.5 Å². The predicted molar refractivity (Wildman–Crippen MR) is 76.2 cm³/mol. The number of hydrogen-bond acceptors (Lipinski definition) is 4. The summed E-state index contributed by atoms with van der Waals surface area (Å²) >= 11 is 0. The second-order valence-corrected chi connectivity index (χ2v) is 5.53. The van der Waals surface area contributed by atoms with Crippen molar-refractivity contribution in [2.45, 2.75) is 26.3 Å². The molecular formula is C14H19N5. The van der Waals surface area contributed by atoms with Crippen molar-refractivity contribution in [3.8, 4) is 11.4 Å². The maximum atomic E-state index is 6.02. The van der Waals surface area contributed by atoms with E-state index in [9.17, 15) is 0 Å². The number of nitrogens with two attached hydrogens (primary N) is 2. The van der Waals surface area contributed by atoms with Gasteiger partial charge in [-0.1, -0.05) is 13.0 Å². The number of anilines is 2. The van der Waals surface area contributed by atoms with E-state index in [0.717, 1.165) is 23.9 Å². The summed E-state index contributed by atoms with van der Waals surface area (Å²) in [6.07, 6.45) is 2.54. The molecule has 1 aliphatic rings. The number of rotatable bonds is 3. The molecule has 2 aromatic rings. The van der Waals surface area contributed by atoms with Crippen LogP contribution in [0.5, 0.6) is 0 Å². The summed E-state index contributed by atoms with van der Waals surface area (Å²) in [5.74, 6) is 2.74. The molecule has 2 aromatic heterocycles. The number of nitrogen functional groups attached to an aromatic ring is 2. The summed E-state index contributed by atoms with van der Waals surface area (Å²) in [7, 11) is 0. The minimum absolute atomic E-state index is 0.499. The first kappa shape index (κ1) is 12.0. The van der Waals surface area contributed by atoms with Gasteiger partial charge in [-0.25, -0.2) is 9.67 Å². The van der Waals surface area contributed by atoms with Crippen LogP contribution in [0.3, 0.4) is 0 Å². The summed E-state index contributed by atoms with van der Waals surface area (Å²) in [5, 5.41) is 4.54. The van der Waals surface area contributed by atoms with Gasteiger partial charge >= 0.3 is 0 Å². The highest BCUT2D eigenvalue weighted by Crippen LogP contribution is 2.34. The second-order valence-electron chi connectivity index (χ2n) is 5.53. The zero-order valence-electron chi connectivity index (χ0n) is 11.1. The lowest BCUT2D eigenvalue weighted by Crippen LogP contribution is -2.26. The van der Waals surface area contributed by atoms with Gasteiger partial charge in [-0.3, -0.25) is 0 Å². The second kappa shape index (κ2) is 4.57. The van der Waals surface area contributed by atoms with Crippen molar-refractivity contribution < 1.29 is 0 Å². The summed E-state index contributed by atoms with van der Waals surface area (Å²) in [6, 6.07) is 7.40. The minimum Gasteiger partial charge on any atom is -0.384 e. The number of hydrogen-bond donors (Lipinski definition) is 2. The first-order chi connectivity index (χ1) is 9.11. The van der Waals surface area contributed by atoms with Crippen LogP contribution in [-0.2, 0) is 6.54 Å². The lowest BCUT2D eigenvalue weighted by molar-refractivity contribution is 0.183. The molecule has 0 spiro atoms. The van der Waals surface area contributed by atoms with Gasteiger partial charge in [-0.15, -0.1) is 0 Å². The van der Waals surface area contributed by atoms with E-state index in [4.69, 9.17) is 11.5 Å². The Bertz CT molecular complexity index is 583. The Morgan fingerprint density at radius 3 is 2.74 bits per heavy atom. The molecule has 0 radical (unpaired) electrons. The van der Waals surface area contributed by atoms with Crippen molar-refractivity contribution in [3.05, 3.63) is 24.3 Å². The highest BCUT2D eigenvalue weighted by molar-refractivity contribution is 5.59. The maximum Gasteiger partial charge on any atom is 0.124 e. The van der Waals surface area contributed by atoms with Gasteiger partial charge in [0.25, 0.3) is 0 Å². The van der Waals surface area contributed by atoms with Gasteiger partial charge in [-0.05, 0) is 36.8 Å². The van der Waals surface area contributed by atoms with Crippen molar-refractivity contribution in [1.82, 2.24) is 14.8 Å². The molecule has 0 aliphatic heterocycles. The first-order valence-corrected chi connectivity index (χ1v) is 6.68. The largest absolute Gasteiger partial charge is 0.384 e. The van der Waals surface area contributed by atoms with Crippen LogP contribution in [-0.4, -0.2) is 14.8 Å². The lowest BCUT2D eigenvalue weighted by atomic mass is 9.76. The van der Waals surface area contributed by atoms with E-state index in [1.807, 2.05) is 22.9 Å². The van der Waals surface area contributed by atoms with E-state index >= 15 is 0 Å². The van der Waals surface area contributed by atoms with Gasteiger partial charge in [0.15, 0.2) is 0 Å². The van der Waals surface area contributed by atoms with E-state index in [0.29, 0.717) is 17.6 Å². The molecule has 1 fully saturated rings. The normalized spacial score (nSPS) is 22.2. The fourth-order valence-electron chi connectivity index (χ4n) is 2.76. The highest BCUT2D eigenvalue weighted by atomic mass is 15.3. The third-order valence-corrected chi connectivity index (χ3v) is 3.75. The summed E-state index contributed by atoms with van der Waals surface area (Å²) in [4.78, 5) is 4.27. The first-order valence-electron chi connectivity index (χ1n) is 6.68. The summed E-state index contributed by atoms with van der Waals surface area (Å²) < 4.78 is 1.89. The average Bonchev–Trinajstić information content (AvgIpc) is 2.69. The molecule has 1 saturated carbocycles. The molecule has 0 bridgehead atoms. The van der Waals surface area contributed by atoms with Crippen LogP contribution in [0.4, 0.5) is 11.6 Å². The Balaban J connectivity index is 1.81. The molecule has 19 heavy (non-hydrogen) atoms. The molecule has 100 valence electrons. The van der Waals surface area contributed by atoms with Crippen molar-refractivity contribution in [1.29, 1.82) is 0 Å². The van der Waals surface area contributed by atoms with Gasteiger partial charge in [0.1, 0.15) is 17.3 Å². The number of pyridine rings is 1. The number of aromatic nitrogens is 3. The predicted octanol–water partition coefficient (Wildman–Crippen LogP) is 2.16. The average molecular weight is 257 g/mol. The van der Waals surface area contributed by atoms with E-state index in [1.165, 1.54) is 12.8 Å². The van der Waals surface area contributed by atoms with Crippen molar-refractivity contribution in [2.24, 2.45) is 11.8 Å². The van der Waals surface area contributed by atoms with E-state index in [2.05, 4.69) is 17.0 Å². The molecular weight excluding hydrogens is 238 g/mol. The molecule has 1 aliphatic carbocycles. The Morgan fingerprint density at radius 1 is 1.26 bits per heavy atom. The standard InChI is InChI=1S/C14H19N5/c1-9-5-10(6-9)8-19-14(16)7-12(18-19)11-3-2-4-13(15)17-11/h2-4,7,9-10H,5-6,8,16H2,1H3,(H2,15,17). The zero-order chi connectivity index (χ0) is 13.4. The zero-order valence-corrected chi connectivity index (χ0v) is 11.1. The van der Waals surface area contributed by atoms with Crippen molar-refractivity contribution >= 4 is 11.6 Å². The highest BCUT2D eigenvalue weighted by Gasteiger charge is 2.26. The third-order valence-electron chi connectivity index (χ3n) is 3.75. The van der Waals surface area contributed by atoms with Crippen LogP contribution in [0.15, 0.2) is 24.3 Å². The van der Waals surface area contributed by atoms with Crippen LogP contribution in [0, 0.1) is 11.8 Å². The van der Waals surface area contributed by atoms with Crippen LogP contribution in [0.1, 0.15) is 19.8 Å². The van der Waals surface area contributed by atoms with E-state index in [1.54, 1.807) is 6.07 Å². The Morgan fingerprint density at radius 2 is 2.05 bits per heavy atom. The van der Waals surface area contributed by atoms with E-state index < -0.39 is 0 Å². The fourth-order valence-corrected chi connectivity index (χ4v) is 2.76. The monoisotopic (exact) mass is 257 g/mol. The van der Waals surface area contributed by atoms with Crippen molar-refractivity contribution in [3.63, 3.8) is 0 Å². The molecule has 0 aromatic carbocycles.